The van der Waals surface area contributed by atoms with Gasteiger partial charge >= 0.3 is 0 Å². The van der Waals surface area contributed by atoms with Crippen LogP contribution in [0.5, 0.6) is 11.8 Å². The summed E-state index contributed by atoms with van der Waals surface area (Å²) in [7, 11) is 0. The van der Waals surface area contributed by atoms with E-state index in [2.05, 4.69) is 15.0 Å². The molecule has 4 nitrogen and oxygen atoms in total. The van der Waals surface area contributed by atoms with E-state index in [4.69, 9.17) is 4.74 Å². The molecule has 16 heavy (non-hydrogen) atoms. The summed E-state index contributed by atoms with van der Waals surface area (Å²) in [6.45, 7) is 0. The number of fused-ring (bicyclic) bond motifs is 1. The van der Waals surface area contributed by atoms with Crippen molar-refractivity contribution in [2.24, 2.45) is 0 Å². The molecule has 2 heterocycles. The number of nitrogens with zero attached hydrogens (tertiary/aromatic N) is 2. The normalized spacial score (nSPS) is 10.5. The van der Waals surface area contributed by atoms with E-state index in [9.17, 15) is 0 Å². The first-order valence-electron chi connectivity index (χ1n) is 4.93. The fourth-order valence-corrected chi connectivity index (χ4v) is 1.55. The Hall–Kier alpha value is -2.36. The van der Waals surface area contributed by atoms with Gasteiger partial charge in [-0.15, -0.1) is 0 Å². The number of aromatic amines is 1. The molecule has 0 aliphatic rings. The Morgan fingerprint density at radius 3 is 2.88 bits per heavy atom. The first kappa shape index (κ1) is 8.91. The Morgan fingerprint density at radius 1 is 1.12 bits per heavy atom. The summed E-state index contributed by atoms with van der Waals surface area (Å²) in [4.78, 5) is 11.1. The van der Waals surface area contributed by atoms with E-state index in [1.807, 2.05) is 30.3 Å². The second-order valence-corrected chi connectivity index (χ2v) is 3.37. The molecule has 1 aromatic carbocycles. The summed E-state index contributed by atoms with van der Waals surface area (Å²) in [5.74, 6) is 1.15. The van der Waals surface area contributed by atoms with Crippen molar-refractivity contribution in [1.29, 1.82) is 0 Å². The standard InChI is InChI=1S/C12H9N3O/c1-2-4-10-9(3-1)7-11(15-10)16-12-8-13-5-6-14-12/h1-8,15H. The minimum absolute atomic E-state index is 0.481. The van der Waals surface area contributed by atoms with Crippen LogP contribution in [0.15, 0.2) is 48.9 Å². The molecule has 0 fully saturated rings. The van der Waals surface area contributed by atoms with Crippen molar-refractivity contribution in [2.45, 2.75) is 0 Å². The third-order valence-electron chi connectivity index (χ3n) is 2.26. The van der Waals surface area contributed by atoms with Gasteiger partial charge in [0.2, 0.25) is 11.8 Å². The largest absolute Gasteiger partial charge is 0.421 e. The molecule has 2 aromatic heterocycles. The lowest BCUT2D eigenvalue weighted by Crippen LogP contribution is -1.87. The molecular formula is C12H9N3O. The summed E-state index contributed by atoms with van der Waals surface area (Å²) < 4.78 is 5.53. The van der Waals surface area contributed by atoms with Crippen molar-refractivity contribution in [3.05, 3.63) is 48.9 Å². The summed E-state index contributed by atoms with van der Waals surface area (Å²) in [5, 5.41) is 1.11. The van der Waals surface area contributed by atoms with E-state index in [0.717, 1.165) is 10.9 Å². The number of H-pyrrole nitrogens is 1. The van der Waals surface area contributed by atoms with Gasteiger partial charge in [-0.25, -0.2) is 4.98 Å². The third-order valence-corrected chi connectivity index (χ3v) is 2.26. The molecule has 0 spiro atoms. The van der Waals surface area contributed by atoms with E-state index in [-0.39, 0.29) is 0 Å². The van der Waals surface area contributed by atoms with E-state index in [1.54, 1.807) is 18.6 Å². The van der Waals surface area contributed by atoms with Crippen LogP contribution in [0.3, 0.4) is 0 Å². The summed E-state index contributed by atoms with van der Waals surface area (Å²) in [6.07, 6.45) is 4.78. The second-order valence-electron chi connectivity index (χ2n) is 3.37. The van der Waals surface area contributed by atoms with Crippen LogP contribution in [0.1, 0.15) is 0 Å². The topological polar surface area (TPSA) is 50.8 Å². The zero-order valence-corrected chi connectivity index (χ0v) is 8.42. The van der Waals surface area contributed by atoms with Crippen LogP contribution in [0.4, 0.5) is 0 Å². The van der Waals surface area contributed by atoms with Gasteiger partial charge < -0.3 is 9.72 Å². The molecule has 0 unspecified atom stereocenters. The van der Waals surface area contributed by atoms with E-state index in [1.165, 1.54) is 0 Å². The maximum Gasteiger partial charge on any atom is 0.239 e. The lowest BCUT2D eigenvalue weighted by atomic mass is 10.3. The zero-order valence-electron chi connectivity index (χ0n) is 8.42. The number of aromatic nitrogens is 3. The van der Waals surface area contributed by atoms with Crippen molar-refractivity contribution >= 4 is 10.9 Å². The van der Waals surface area contributed by atoms with Crippen molar-refractivity contribution in [3.8, 4) is 11.8 Å². The van der Waals surface area contributed by atoms with Gasteiger partial charge in [0.1, 0.15) is 0 Å². The summed E-state index contributed by atoms with van der Waals surface area (Å²) >= 11 is 0. The van der Waals surface area contributed by atoms with Gasteiger partial charge in [0, 0.05) is 29.4 Å². The summed E-state index contributed by atoms with van der Waals surface area (Å²) in [5.41, 5.74) is 1.04. The van der Waals surface area contributed by atoms with Crippen molar-refractivity contribution in [3.63, 3.8) is 0 Å². The Morgan fingerprint density at radius 2 is 2.06 bits per heavy atom. The minimum atomic E-state index is 0.481. The molecule has 0 radical (unpaired) electrons. The monoisotopic (exact) mass is 211 g/mol. The first-order chi connectivity index (χ1) is 7.92. The number of hydrogen-bond acceptors (Lipinski definition) is 3. The van der Waals surface area contributed by atoms with Gasteiger partial charge in [-0.3, -0.25) is 4.98 Å². The lowest BCUT2D eigenvalue weighted by molar-refractivity contribution is 0.446. The Bertz CT molecular complexity index is 571. The number of para-hydroxylation sites is 1. The highest BCUT2D eigenvalue weighted by molar-refractivity contribution is 5.81. The quantitative estimate of drug-likeness (QED) is 0.709. The molecule has 78 valence electrons. The van der Waals surface area contributed by atoms with E-state index < -0.39 is 0 Å². The van der Waals surface area contributed by atoms with Crippen LogP contribution >= 0.6 is 0 Å². The predicted molar refractivity (Wildman–Crippen MR) is 60.4 cm³/mol. The maximum atomic E-state index is 5.53. The molecule has 0 atom stereocenters. The van der Waals surface area contributed by atoms with Gasteiger partial charge in [0.15, 0.2) is 0 Å². The van der Waals surface area contributed by atoms with Crippen LogP contribution in [-0.2, 0) is 0 Å². The first-order valence-corrected chi connectivity index (χ1v) is 4.93. The van der Waals surface area contributed by atoms with Gasteiger partial charge in [-0.05, 0) is 6.07 Å². The van der Waals surface area contributed by atoms with Gasteiger partial charge in [0.05, 0.1) is 6.20 Å². The Kier molecular flexibility index (Phi) is 2.04. The third kappa shape index (κ3) is 1.61. The molecule has 4 heteroatoms. The molecule has 0 saturated heterocycles. The molecule has 1 N–H and O–H groups in total. The van der Waals surface area contributed by atoms with Crippen molar-refractivity contribution in [2.75, 3.05) is 0 Å². The molecule has 0 aliphatic carbocycles. The average Bonchev–Trinajstić information content (AvgIpc) is 2.72. The Balaban J connectivity index is 1.95. The second kappa shape index (κ2) is 3.66. The molecule has 0 saturated carbocycles. The zero-order chi connectivity index (χ0) is 10.8. The van der Waals surface area contributed by atoms with E-state index in [0.29, 0.717) is 11.8 Å². The predicted octanol–water partition coefficient (Wildman–Crippen LogP) is 2.75. The van der Waals surface area contributed by atoms with Gasteiger partial charge in [0.25, 0.3) is 0 Å². The highest BCUT2D eigenvalue weighted by Crippen LogP contribution is 2.23. The average molecular weight is 211 g/mol. The van der Waals surface area contributed by atoms with Crippen LogP contribution in [0.2, 0.25) is 0 Å². The number of nitrogens with one attached hydrogen (secondary N) is 1. The fraction of sp³-hybridized carbons (Fsp3) is 0. The smallest absolute Gasteiger partial charge is 0.239 e. The lowest BCUT2D eigenvalue weighted by Gasteiger charge is -1.98. The fourth-order valence-electron chi connectivity index (χ4n) is 1.55. The molecular weight excluding hydrogens is 202 g/mol. The molecule has 0 amide bonds. The van der Waals surface area contributed by atoms with Crippen LogP contribution < -0.4 is 4.74 Å². The molecule has 0 bridgehead atoms. The van der Waals surface area contributed by atoms with E-state index >= 15 is 0 Å². The molecule has 0 aliphatic heterocycles. The molecule has 3 rings (SSSR count). The highest BCUT2D eigenvalue weighted by Gasteiger charge is 2.02. The van der Waals surface area contributed by atoms with Gasteiger partial charge in [-0.2, -0.15) is 0 Å². The number of ether oxygens (including phenoxy) is 1. The summed E-state index contributed by atoms with van der Waals surface area (Å²) in [6, 6.07) is 9.92. The molecule has 3 aromatic rings. The van der Waals surface area contributed by atoms with Crippen molar-refractivity contribution in [1.82, 2.24) is 15.0 Å². The van der Waals surface area contributed by atoms with Crippen LogP contribution in [0, 0.1) is 0 Å². The number of benzene rings is 1. The SMILES string of the molecule is c1ccc2[nH]c(Oc3cnccn3)cc2c1. The van der Waals surface area contributed by atoms with Crippen molar-refractivity contribution < 1.29 is 4.74 Å². The maximum absolute atomic E-state index is 5.53. The van der Waals surface area contributed by atoms with Gasteiger partial charge in [-0.1, -0.05) is 18.2 Å². The number of hydrogen-bond donors (Lipinski definition) is 1. The number of rotatable bonds is 2. The highest BCUT2D eigenvalue weighted by atomic mass is 16.5. The minimum Gasteiger partial charge on any atom is -0.421 e. The van der Waals surface area contributed by atoms with Crippen LogP contribution in [-0.4, -0.2) is 15.0 Å². The Labute approximate surface area is 91.9 Å². The van der Waals surface area contributed by atoms with Crippen LogP contribution in [0.25, 0.3) is 10.9 Å².